The highest BCUT2D eigenvalue weighted by molar-refractivity contribution is 5.80. The van der Waals surface area contributed by atoms with Gasteiger partial charge < -0.3 is 19.7 Å². The summed E-state index contributed by atoms with van der Waals surface area (Å²) in [5.41, 5.74) is 1.52. The van der Waals surface area contributed by atoms with Crippen LogP contribution in [0.25, 0.3) is 0 Å². The number of benzene rings is 1. The first kappa shape index (κ1) is 16.1. The van der Waals surface area contributed by atoms with Gasteiger partial charge in [-0.3, -0.25) is 0 Å². The van der Waals surface area contributed by atoms with Crippen LogP contribution in [-0.4, -0.2) is 50.8 Å². The molecule has 2 fully saturated rings. The van der Waals surface area contributed by atoms with Gasteiger partial charge in [-0.05, 0) is 37.5 Å². The second-order valence-corrected chi connectivity index (χ2v) is 6.50. The Bertz CT molecular complexity index is 553. The van der Waals surface area contributed by atoms with Gasteiger partial charge >= 0.3 is 0 Å². The molecular formula is C18H27N3O2. The minimum atomic E-state index is 0.353. The summed E-state index contributed by atoms with van der Waals surface area (Å²) in [4.78, 5) is 7.22. The first-order chi connectivity index (χ1) is 11.2. The maximum Gasteiger partial charge on any atom is 0.194 e. The van der Waals surface area contributed by atoms with E-state index in [0.29, 0.717) is 12.0 Å². The zero-order valence-electron chi connectivity index (χ0n) is 14.2. The van der Waals surface area contributed by atoms with E-state index in [4.69, 9.17) is 14.5 Å². The predicted molar refractivity (Wildman–Crippen MR) is 91.9 cm³/mol. The maximum atomic E-state index is 5.62. The van der Waals surface area contributed by atoms with Gasteiger partial charge in [0.15, 0.2) is 5.96 Å². The van der Waals surface area contributed by atoms with Crippen molar-refractivity contribution in [1.29, 1.82) is 0 Å². The number of hydrogen-bond acceptors (Lipinski definition) is 3. The minimum absolute atomic E-state index is 0.353. The molecule has 0 radical (unpaired) electrons. The smallest absolute Gasteiger partial charge is 0.194 e. The molecule has 0 amide bonds. The second-order valence-electron chi connectivity index (χ2n) is 6.50. The topological polar surface area (TPSA) is 46.1 Å². The molecular weight excluding hydrogens is 290 g/mol. The van der Waals surface area contributed by atoms with Crippen molar-refractivity contribution in [2.75, 3.05) is 40.0 Å². The molecule has 2 heterocycles. The minimum Gasteiger partial charge on any atom is -0.497 e. The molecule has 0 bridgehead atoms. The van der Waals surface area contributed by atoms with Crippen LogP contribution < -0.4 is 10.1 Å². The molecule has 3 rings (SSSR count). The van der Waals surface area contributed by atoms with Crippen LogP contribution in [0, 0.1) is 5.41 Å². The molecule has 1 aromatic rings. The summed E-state index contributed by atoms with van der Waals surface area (Å²) in [6.45, 7) is 7.59. The van der Waals surface area contributed by atoms with E-state index in [1.54, 1.807) is 7.11 Å². The van der Waals surface area contributed by atoms with Crippen molar-refractivity contribution in [3.05, 3.63) is 29.8 Å². The fourth-order valence-electron chi connectivity index (χ4n) is 3.45. The second kappa shape index (κ2) is 7.21. The Labute approximate surface area is 138 Å². The van der Waals surface area contributed by atoms with Gasteiger partial charge in [0.25, 0.3) is 0 Å². The zero-order valence-corrected chi connectivity index (χ0v) is 14.2. The molecule has 126 valence electrons. The molecule has 1 N–H and O–H groups in total. The van der Waals surface area contributed by atoms with Crippen molar-refractivity contribution in [3.8, 4) is 5.75 Å². The van der Waals surface area contributed by atoms with E-state index in [9.17, 15) is 0 Å². The maximum absolute atomic E-state index is 5.62. The summed E-state index contributed by atoms with van der Waals surface area (Å²) < 4.78 is 10.9. The third-order valence-electron chi connectivity index (χ3n) is 4.80. The van der Waals surface area contributed by atoms with E-state index in [0.717, 1.165) is 50.1 Å². The summed E-state index contributed by atoms with van der Waals surface area (Å²) in [6.07, 6.45) is 2.38. The van der Waals surface area contributed by atoms with Crippen LogP contribution in [0.5, 0.6) is 5.75 Å². The normalized spacial score (nSPS) is 24.4. The number of ether oxygens (including phenoxy) is 2. The molecule has 1 aromatic carbocycles. The SMILES string of the molecule is CCNC(=NCc1cccc(OC)c1)N1CCC2(CCOC2)C1. The van der Waals surface area contributed by atoms with Gasteiger partial charge in [0.2, 0.25) is 0 Å². The first-order valence-electron chi connectivity index (χ1n) is 8.49. The molecule has 2 aliphatic heterocycles. The number of aliphatic imine (C=N–C) groups is 1. The Hall–Kier alpha value is -1.75. The van der Waals surface area contributed by atoms with E-state index in [2.05, 4.69) is 23.2 Å². The molecule has 2 saturated heterocycles. The molecule has 23 heavy (non-hydrogen) atoms. The number of hydrogen-bond donors (Lipinski definition) is 1. The quantitative estimate of drug-likeness (QED) is 0.683. The lowest BCUT2D eigenvalue weighted by molar-refractivity contribution is 0.156. The third-order valence-corrected chi connectivity index (χ3v) is 4.80. The van der Waals surface area contributed by atoms with E-state index in [-0.39, 0.29) is 0 Å². The monoisotopic (exact) mass is 317 g/mol. The average molecular weight is 317 g/mol. The van der Waals surface area contributed by atoms with Crippen molar-refractivity contribution in [2.45, 2.75) is 26.3 Å². The van der Waals surface area contributed by atoms with Gasteiger partial charge in [0.05, 0.1) is 20.3 Å². The van der Waals surface area contributed by atoms with Gasteiger partial charge in [0.1, 0.15) is 5.75 Å². The van der Waals surface area contributed by atoms with E-state index in [1.165, 1.54) is 12.8 Å². The molecule has 1 unspecified atom stereocenters. The lowest BCUT2D eigenvalue weighted by Crippen LogP contribution is -2.41. The van der Waals surface area contributed by atoms with Crippen LogP contribution in [0.15, 0.2) is 29.3 Å². The molecule has 1 spiro atoms. The number of likely N-dealkylation sites (tertiary alicyclic amines) is 1. The lowest BCUT2D eigenvalue weighted by Gasteiger charge is -2.25. The molecule has 0 aliphatic carbocycles. The van der Waals surface area contributed by atoms with Crippen LogP contribution in [0.2, 0.25) is 0 Å². The van der Waals surface area contributed by atoms with Crippen molar-refractivity contribution in [2.24, 2.45) is 10.4 Å². The van der Waals surface area contributed by atoms with Gasteiger partial charge in [-0.2, -0.15) is 0 Å². The highest BCUT2D eigenvalue weighted by Crippen LogP contribution is 2.38. The van der Waals surface area contributed by atoms with Crippen LogP contribution in [0.3, 0.4) is 0 Å². The summed E-state index contributed by atoms with van der Waals surface area (Å²) in [5, 5.41) is 3.43. The highest BCUT2D eigenvalue weighted by Gasteiger charge is 2.42. The van der Waals surface area contributed by atoms with Crippen molar-refractivity contribution >= 4 is 5.96 Å². The lowest BCUT2D eigenvalue weighted by atomic mass is 9.87. The Balaban J connectivity index is 1.68. The van der Waals surface area contributed by atoms with Crippen molar-refractivity contribution in [1.82, 2.24) is 10.2 Å². The zero-order chi connectivity index (χ0) is 16.1. The Kier molecular flexibility index (Phi) is 5.06. The predicted octanol–water partition coefficient (Wildman–Crippen LogP) is 2.27. The average Bonchev–Trinajstić information content (AvgIpc) is 3.22. The number of guanidine groups is 1. The highest BCUT2D eigenvalue weighted by atomic mass is 16.5. The Morgan fingerprint density at radius 3 is 3.09 bits per heavy atom. The van der Waals surface area contributed by atoms with E-state index >= 15 is 0 Å². The molecule has 1 atom stereocenters. The number of rotatable bonds is 4. The van der Waals surface area contributed by atoms with E-state index in [1.807, 2.05) is 18.2 Å². The molecule has 2 aliphatic rings. The fourth-order valence-corrected chi connectivity index (χ4v) is 3.45. The van der Waals surface area contributed by atoms with Crippen molar-refractivity contribution in [3.63, 3.8) is 0 Å². The standard InChI is InChI=1S/C18H27N3O2/c1-3-19-17(20-12-15-5-4-6-16(11-15)22-2)21-9-7-18(13-21)8-10-23-14-18/h4-6,11H,3,7-10,12-14H2,1-2H3,(H,19,20). The number of methoxy groups -OCH3 is 1. The molecule has 5 heteroatoms. The Morgan fingerprint density at radius 2 is 2.35 bits per heavy atom. The van der Waals surface area contributed by atoms with Crippen LogP contribution >= 0.6 is 0 Å². The van der Waals surface area contributed by atoms with Gasteiger partial charge in [-0.15, -0.1) is 0 Å². The summed E-state index contributed by atoms with van der Waals surface area (Å²) in [7, 11) is 1.69. The number of nitrogens with one attached hydrogen (secondary N) is 1. The largest absolute Gasteiger partial charge is 0.497 e. The van der Waals surface area contributed by atoms with Crippen LogP contribution in [0.4, 0.5) is 0 Å². The van der Waals surface area contributed by atoms with E-state index < -0.39 is 0 Å². The fraction of sp³-hybridized carbons (Fsp3) is 0.611. The Morgan fingerprint density at radius 1 is 1.43 bits per heavy atom. The first-order valence-corrected chi connectivity index (χ1v) is 8.49. The van der Waals surface area contributed by atoms with Crippen LogP contribution in [-0.2, 0) is 11.3 Å². The van der Waals surface area contributed by atoms with Gasteiger partial charge in [-0.25, -0.2) is 4.99 Å². The number of nitrogens with zero attached hydrogens (tertiary/aromatic N) is 2. The molecule has 0 saturated carbocycles. The summed E-state index contributed by atoms with van der Waals surface area (Å²) in [5.74, 6) is 1.89. The molecule has 5 nitrogen and oxygen atoms in total. The summed E-state index contributed by atoms with van der Waals surface area (Å²) >= 11 is 0. The summed E-state index contributed by atoms with van der Waals surface area (Å²) in [6, 6.07) is 8.11. The van der Waals surface area contributed by atoms with Gasteiger partial charge in [-0.1, -0.05) is 12.1 Å². The molecule has 0 aromatic heterocycles. The van der Waals surface area contributed by atoms with Gasteiger partial charge in [0, 0.05) is 31.7 Å². The third kappa shape index (κ3) is 3.78. The van der Waals surface area contributed by atoms with Crippen LogP contribution in [0.1, 0.15) is 25.3 Å². The van der Waals surface area contributed by atoms with Crippen molar-refractivity contribution < 1.29 is 9.47 Å².